The average Bonchev–Trinajstić information content (AvgIpc) is 2.74. The summed E-state index contributed by atoms with van der Waals surface area (Å²) < 4.78 is 0. The third-order valence-electron chi connectivity index (χ3n) is 5.42. The first-order chi connectivity index (χ1) is 14.6. The molecule has 3 aromatic heterocycles. The van der Waals surface area contributed by atoms with E-state index in [1.807, 2.05) is 25.3 Å². The van der Waals surface area contributed by atoms with Crippen LogP contribution in [-0.2, 0) is 13.0 Å². The maximum atomic E-state index is 12.0. The summed E-state index contributed by atoms with van der Waals surface area (Å²) in [6.07, 6.45) is 4.48. The lowest BCUT2D eigenvalue weighted by Gasteiger charge is -2.36. The number of aryl methyl sites for hydroxylation is 1. The number of H-pyrrole nitrogens is 1. The number of fused-ring (bicyclic) bond motifs is 1. The fourth-order valence-corrected chi connectivity index (χ4v) is 3.56. The van der Waals surface area contributed by atoms with Crippen molar-refractivity contribution in [1.82, 2.24) is 30.8 Å². The molecule has 1 aliphatic carbocycles. The van der Waals surface area contributed by atoms with E-state index in [0.717, 1.165) is 35.0 Å². The van der Waals surface area contributed by atoms with Crippen molar-refractivity contribution < 1.29 is 4.79 Å². The number of hydrogen-bond acceptors (Lipinski definition) is 7. The number of aromatic amines is 1. The molecule has 1 aliphatic rings. The zero-order valence-electron chi connectivity index (χ0n) is 17.0. The highest BCUT2D eigenvalue weighted by Crippen LogP contribution is 2.24. The lowest BCUT2D eigenvalue weighted by Crippen LogP contribution is -2.47. The van der Waals surface area contributed by atoms with Gasteiger partial charge in [-0.1, -0.05) is 6.92 Å². The lowest BCUT2D eigenvalue weighted by atomic mass is 9.86. The van der Waals surface area contributed by atoms with E-state index in [1.165, 1.54) is 0 Å². The van der Waals surface area contributed by atoms with Crippen molar-refractivity contribution in [3.8, 4) is 0 Å². The van der Waals surface area contributed by atoms with E-state index in [4.69, 9.17) is 0 Å². The van der Waals surface area contributed by atoms with Crippen LogP contribution in [0, 0.1) is 0 Å². The molecule has 0 unspecified atom stereocenters. The van der Waals surface area contributed by atoms with Gasteiger partial charge in [0.15, 0.2) is 5.69 Å². The van der Waals surface area contributed by atoms with Gasteiger partial charge in [-0.15, -0.1) is 10.2 Å². The monoisotopic (exact) mass is 407 g/mol. The van der Waals surface area contributed by atoms with Crippen LogP contribution in [0.1, 0.15) is 41.4 Å². The molecular weight excluding hydrogens is 382 g/mol. The number of hydrogen-bond donors (Lipinski definition) is 4. The van der Waals surface area contributed by atoms with Crippen molar-refractivity contribution in [3.63, 3.8) is 0 Å². The van der Waals surface area contributed by atoms with E-state index in [9.17, 15) is 9.59 Å². The largest absolute Gasteiger partial charge is 0.366 e. The number of carbonyl (C=O) groups is 1. The molecule has 9 heteroatoms. The molecule has 1 amide bonds. The minimum absolute atomic E-state index is 0.0451. The standard InChI is InChI=1S/C21H25N7O2/c1-3-13-7-17-18(26-20(13)29)6-12(11-24-17)10-23-14-8-15(9-14)25-19-5-4-16(27-28-19)21(30)22-2/h4-7,11,14-15,23H,3,8-10H2,1-2H3,(H,22,30)(H,25,28)(H,26,29). The van der Waals surface area contributed by atoms with Gasteiger partial charge in [-0.3, -0.25) is 14.6 Å². The number of aromatic nitrogens is 4. The third kappa shape index (κ3) is 4.30. The average molecular weight is 407 g/mol. The molecule has 1 saturated carbocycles. The Kier molecular flexibility index (Phi) is 5.71. The molecule has 0 atom stereocenters. The van der Waals surface area contributed by atoms with Crippen molar-refractivity contribution in [3.05, 3.63) is 57.6 Å². The Morgan fingerprint density at radius 3 is 2.73 bits per heavy atom. The Morgan fingerprint density at radius 2 is 2.03 bits per heavy atom. The van der Waals surface area contributed by atoms with Gasteiger partial charge >= 0.3 is 0 Å². The number of nitrogens with one attached hydrogen (secondary N) is 4. The molecule has 0 aliphatic heterocycles. The van der Waals surface area contributed by atoms with Gasteiger partial charge in [-0.2, -0.15) is 0 Å². The number of carbonyl (C=O) groups excluding carboxylic acids is 1. The quantitative estimate of drug-likeness (QED) is 0.466. The molecular formula is C21H25N7O2. The molecule has 156 valence electrons. The van der Waals surface area contributed by atoms with Crippen molar-refractivity contribution >= 4 is 22.8 Å². The Labute approximate surface area is 173 Å². The summed E-state index contributed by atoms with van der Waals surface area (Å²) in [5.74, 6) is 0.417. The van der Waals surface area contributed by atoms with E-state index in [1.54, 1.807) is 19.2 Å². The predicted octanol–water partition coefficient (Wildman–Crippen LogP) is 1.37. The summed E-state index contributed by atoms with van der Waals surface area (Å²) >= 11 is 0. The van der Waals surface area contributed by atoms with Crippen LogP contribution < -0.4 is 21.5 Å². The van der Waals surface area contributed by atoms with E-state index < -0.39 is 0 Å². The van der Waals surface area contributed by atoms with Crippen molar-refractivity contribution in [2.45, 2.75) is 44.8 Å². The Hall–Kier alpha value is -3.33. The summed E-state index contributed by atoms with van der Waals surface area (Å²) in [4.78, 5) is 30.9. The molecule has 1 fully saturated rings. The van der Waals surface area contributed by atoms with Gasteiger partial charge in [0.1, 0.15) is 5.82 Å². The van der Waals surface area contributed by atoms with Gasteiger partial charge in [-0.05, 0) is 49.1 Å². The second kappa shape index (κ2) is 8.58. The van der Waals surface area contributed by atoms with Crippen LogP contribution in [0.15, 0.2) is 35.3 Å². The maximum absolute atomic E-state index is 12.0. The van der Waals surface area contributed by atoms with Gasteiger partial charge in [0, 0.05) is 37.4 Å². The second-order valence-corrected chi connectivity index (χ2v) is 7.53. The van der Waals surface area contributed by atoms with Crippen LogP contribution in [0.2, 0.25) is 0 Å². The Bertz CT molecular complexity index is 1100. The normalized spacial score (nSPS) is 18.1. The first kappa shape index (κ1) is 20.0. The summed E-state index contributed by atoms with van der Waals surface area (Å²) in [7, 11) is 1.56. The van der Waals surface area contributed by atoms with Crippen LogP contribution in [0.3, 0.4) is 0 Å². The fraction of sp³-hybridized carbons (Fsp3) is 0.381. The fourth-order valence-electron chi connectivity index (χ4n) is 3.56. The van der Waals surface area contributed by atoms with E-state index in [2.05, 4.69) is 36.1 Å². The van der Waals surface area contributed by atoms with Gasteiger partial charge in [-0.25, -0.2) is 0 Å². The molecule has 3 aromatic rings. The van der Waals surface area contributed by atoms with Crippen LogP contribution >= 0.6 is 0 Å². The molecule has 0 bridgehead atoms. The predicted molar refractivity (Wildman–Crippen MR) is 114 cm³/mol. The second-order valence-electron chi connectivity index (χ2n) is 7.53. The number of pyridine rings is 2. The van der Waals surface area contributed by atoms with Gasteiger partial charge in [0.25, 0.3) is 11.5 Å². The first-order valence-corrected chi connectivity index (χ1v) is 10.1. The summed E-state index contributed by atoms with van der Waals surface area (Å²) in [5.41, 5.74) is 3.62. The number of amides is 1. The Balaban J connectivity index is 1.27. The number of nitrogens with zero attached hydrogens (tertiary/aromatic N) is 3. The minimum Gasteiger partial charge on any atom is -0.366 e. The topological polar surface area (TPSA) is 125 Å². The highest BCUT2D eigenvalue weighted by Gasteiger charge is 2.29. The molecule has 30 heavy (non-hydrogen) atoms. The minimum atomic E-state index is -0.250. The smallest absolute Gasteiger partial charge is 0.271 e. The molecule has 0 saturated heterocycles. The Morgan fingerprint density at radius 1 is 1.20 bits per heavy atom. The van der Waals surface area contributed by atoms with E-state index in [0.29, 0.717) is 36.6 Å². The molecule has 0 aromatic carbocycles. The molecule has 0 radical (unpaired) electrons. The van der Waals surface area contributed by atoms with Crippen LogP contribution in [0.25, 0.3) is 11.0 Å². The third-order valence-corrected chi connectivity index (χ3v) is 5.42. The zero-order chi connectivity index (χ0) is 21.1. The summed E-state index contributed by atoms with van der Waals surface area (Å²) in [6.45, 7) is 2.65. The van der Waals surface area contributed by atoms with Gasteiger partial charge < -0.3 is 20.9 Å². The SMILES string of the molecule is CCc1cc2ncc(CNC3CC(Nc4ccc(C(=O)NC)nn4)C3)cc2[nH]c1=O. The van der Waals surface area contributed by atoms with Gasteiger partial charge in [0.05, 0.1) is 11.0 Å². The van der Waals surface area contributed by atoms with Crippen LogP contribution in [0.4, 0.5) is 5.82 Å². The maximum Gasteiger partial charge on any atom is 0.271 e. The summed E-state index contributed by atoms with van der Waals surface area (Å²) in [5, 5.41) is 17.4. The number of anilines is 1. The zero-order valence-corrected chi connectivity index (χ0v) is 17.0. The molecule has 4 rings (SSSR count). The van der Waals surface area contributed by atoms with E-state index >= 15 is 0 Å². The van der Waals surface area contributed by atoms with Crippen molar-refractivity contribution in [2.75, 3.05) is 12.4 Å². The van der Waals surface area contributed by atoms with Crippen molar-refractivity contribution in [2.24, 2.45) is 0 Å². The summed E-state index contributed by atoms with van der Waals surface area (Å²) in [6, 6.07) is 7.98. The molecule has 3 heterocycles. The number of rotatable bonds is 7. The highest BCUT2D eigenvalue weighted by atomic mass is 16.1. The van der Waals surface area contributed by atoms with Crippen LogP contribution in [-0.4, -0.2) is 45.2 Å². The molecule has 9 nitrogen and oxygen atoms in total. The van der Waals surface area contributed by atoms with Gasteiger partial charge in [0.2, 0.25) is 0 Å². The van der Waals surface area contributed by atoms with E-state index in [-0.39, 0.29) is 11.5 Å². The van der Waals surface area contributed by atoms with Crippen LogP contribution in [0.5, 0.6) is 0 Å². The molecule has 0 spiro atoms. The molecule has 4 N–H and O–H groups in total. The van der Waals surface area contributed by atoms with Crippen molar-refractivity contribution in [1.29, 1.82) is 0 Å². The lowest BCUT2D eigenvalue weighted by molar-refractivity contribution is 0.0957. The first-order valence-electron chi connectivity index (χ1n) is 10.1. The highest BCUT2D eigenvalue weighted by molar-refractivity contribution is 5.91.